The first-order valence-corrected chi connectivity index (χ1v) is 10.3. The van der Waals surface area contributed by atoms with E-state index in [4.69, 9.17) is 4.52 Å². The molecule has 0 saturated carbocycles. The van der Waals surface area contributed by atoms with Gasteiger partial charge in [-0.3, -0.25) is 4.79 Å². The minimum Gasteiger partial charge on any atom is -0.333 e. The van der Waals surface area contributed by atoms with Crippen LogP contribution in [-0.4, -0.2) is 30.2 Å². The molecule has 0 saturated heterocycles. The van der Waals surface area contributed by atoms with Gasteiger partial charge in [0, 0.05) is 17.4 Å². The molecule has 0 unspecified atom stereocenters. The first kappa shape index (κ1) is 23.0. The van der Waals surface area contributed by atoms with E-state index in [1.165, 1.54) is 36.5 Å². The maximum Gasteiger partial charge on any atom is 0.416 e. The van der Waals surface area contributed by atoms with Gasteiger partial charge in [0.05, 0.1) is 11.1 Å². The van der Waals surface area contributed by atoms with Crippen molar-refractivity contribution >= 4 is 17.2 Å². The SMILES string of the molecule is O=C(Cn1nc2c(-c3nc(-c4cccc(F)c4)no3)cccn2c1=O)Nc1cccc(C(F)(F)F)c1. The van der Waals surface area contributed by atoms with Gasteiger partial charge in [0.15, 0.2) is 5.65 Å². The lowest BCUT2D eigenvalue weighted by Gasteiger charge is -2.09. The van der Waals surface area contributed by atoms with Gasteiger partial charge in [0.25, 0.3) is 5.89 Å². The van der Waals surface area contributed by atoms with E-state index in [2.05, 4.69) is 20.6 Å². The smallest absolute Gasteiger partial charge is 0.333 e. The van der Waals surface area contributed by atoms with Crippen molar-refractivity contribution in [2.45, 2.75) is 12.7 Å². The average molecular weight is 498 g/mol. The number of nitrogens with one attached hydrogen (secondary N) is 1. The number of pyridine rings is 1. The Hall–Kier alpha value is -4.81. The number of nitrogens with zero attached hydrogens (tertiary/aromatic N) is 5. The van der Waals surface area contributed by atoms with Crippen LogP contribution in [0.2, 0.25) is 0 Å². The monoisotopic (exact) mass is 498 g/mol. The number of aromatic nitrogens is 5. The number of amides is 1. The van der Waals surface area contributed by atoms with Crippen molar-refractivity contribution in [3.05, 3.63) is 88.7 Å². The summed E-state index contributed by atoms with van der Waals surface area (Å²) in [4.78, 5) is 29.5. The predicted octanol–water partition coefficient (Wildman–Crippen LogP) is 4.01. The molecule has 1 N–H and O–H groups in total. The third kappa shape index (κ3) is 4.45. The molecule has 2 aromatic carbocycles. The molecule has 0 aliphatic carbocycles. The summed E-state index contributed by atoms with van der Waals surface area (Å²) in [5.41, 5.74) is -0.914. The Kier molecular flexibility index (Phi) is 5.59. The van der Waals surface area contributed by atoms with Crippen LogP contribution in [0.25, 0.3) is 28.5 Å². The van der Waals surface area contributed by atoms with Crippen molar-refractivity contribution in [1.82, 2.24) is 24.3 Å². The van der Waals surface area contributed by atoms with Crippen LogP contribution in [0.15, 0.2) is 76.2 Å². The molecule has 0 fully saturated rings. The number of fused-ring (bicyclic) bond motifs is 1. The summed E-state index contributed by atoms with van der Waals surface area (Å²) < 4.78 is 59.6. The Bertz CT molecular complexity index is 1650. The Labute approximate surface area is 198 Å². The molecule has 3 heterocycles. The molecule has 0 bridgehead atoms. The highest BCUT2D eigenvalue weighted by molar-refractivity contribution is 5.90. The van der Waals surface area contributed by atoms with Gasteiger partial charge in [0.1, 0.15) is 12.4 Å². The van der Waals surface area contributed by atoms with Crippen LogP contribution in [0, 0.1) is 5.82 Å². The molecule has 13 heteroatoms. The van der Waals surface area contributed by atoms with E-state index < -0.39 is 35.7 Å². The zero-order valence-corrected chi connectivity index (χ0v) is 18.0. The molecule has 5 aromatic rings. The summed E-state index contributed by atoms with van der Waals surface area (Å²) >= 11 is 0. The zero-order chi connectivity index (χ0) is 25.4. The summed E-state index contributed by atoms with van der Waals surface area (Å²) in [6.45, 7) is -0.561. The molecule has 1 amide bonds. The fraction of sp³-hybridized carbons (Fsp3) is 0.0870. The Balaban J connectivity index is 1.42. The number of carbonyl (C=O) groups is 1. The Morgan fingerprint density at radius 1 is 1.06 bits per heavy atom. The van der Waals surface area contributed by atoms with Gasteiger partial charge in [-0.25, -0.2) is 18.3 Å². The number of hydrogen-bond acceptors (Lipinski definition) is 6. The van der Waals surface area contributed by atoms with Crippen molar-refractivity contribution in [3.8, 4) is 22.8 Å². The van der Waals surface area contributed by atoms with Crippen LogP contribution < -0.4 is 11.0 Å². The molecule has 0 aliphatic rings. The second-order valence-electron chi connectivity index (χ2n) is 7.62. The largest absolute Gasteiger partial charge is 0.416 e. The van der Waals surface area contributed by atoms with Crippen LogP contribution in [0.5, 0.6) is 0 Å². The van der Waals surface area contributed by atoms with Gasteiger partial charge in [-0.05, 0) is 42.5 Å². The number of carbonyl (C=O) groups excluding carboxylic acids is 1. The lowest BCUT2D eigenvalue weighted by atomic mass is 10.2. The fourth-order valence-electron chi connectivity index (χ4n) is 3.50. The van der Waals surface area contributed by atoms with Gasteiger partial charge in [-0.15, -0.1) is 5.10 Å². The maximum absolute atomic E-state index is 13.5. The van der Waals surface area contributed by atoms with E-state index in [0.29, 0.717) is 5.56 Å². The predicted molar refractivity (Wildman–Crippen MR) is 118 cm³/mol. The molecular formula is C23H14F4N6O3. The molecule has 182 valence electrons. The summed E-state index contributed by atoms with van der Waals surface area (Å²) in [7, 11) is 0. The first-order chi connectivity index (χ1) is 17.2. The second-order valence-corrected chi connectivity index (χ2v) is 7.62. The van der Waals surface area contributed by atoms with Gasteiger partial charge in [0.2, 0.25) is 11.7 Å². The van der Waals surface area contributed by atoms with E-state index in [1.54, 1.807) is 12.1 Å². The van der Waals surface area contributed by atoms with E-state index in [0.717, 1.165) is 27.3 Å². The summed E-state index contributed by atoms with van der Waals surface area (Å²) in [6, 6.07) is 12.8. The molecular weight excluding hydrogens is 484 g/mol. The van der Waals surface area contributed by atoms with Crippen LogP contribution in [0.1, 0.15) is 5.56 Å². The highest BCUT2D eigenvalue weighted by Crippen LogP contribution is 2.30. The van der Waals surface area contributed by atoms with Gasteiger partial charge in [-0.1, -0.05) is 23.4 Å². The minimum absolute atomic E-state index is 0.00503. The quantitative estimate of drug-likeness (QED) is 0.367. The van der Waals surface area contributed by atoms with E-state index in [-0.39, 0.29) is 28.6 Å². The van der Waals surface area contributed by atoms with Gasteiger partial charge < -0.3 is 9.84 Å². The lowest BCUT2D eigenvalue weighted by Crippen LogP contribution is -2.28. The molecule has 0 atom stereocenters. The van der Waals surface area contributed by atoms with Crippen LogP contribution in [-0.2, 0) is 17.5 Å². The van der Waals surface area contributed by atoms with Crippen LogP contribution >= 0.6 is 0 Å². The van der Waals surface area contributed by atoms with Gasteiger partial charge >= 0.3 is 11.9 Å². The second kappa shape index (κ2) is 8.76. The standard InChI is InChI=1S/C23H14F4N6O3/c24-15-6-1-4-13(10-15)19-29-21(36-31-19)17-8-3-9-32-20(17)30-33(22(32)35)12-18(34)28-16-7-2-5-14(11-16)23(25,26)27/h1-11H,12H2,(H,28,34). The maximum atomic E-state index is 13.5. The average Bonchev–Trinajstić information content (AvgIpc) is 3.44. The summed E-state index contributed by atoms with van der Waals surface area (Å²) in [5.74, 6) is -1.11. The highest BCUT2D eigenvalue weighted by atomic mass is 19.4. The number of benzene rings is 2. The fourth-order valence-corrected chi connectivity index (χ4v) is 3.50. The van der Waals surface area contributed by atoms with Crippen molar-refractivity contribution < 1.29 is 26.9 Å². The Morgan fingerprint density at radius 2 is 1.86 bits per heavy atom. The molecule has 9 nitrogen and oxygen atoms in total. The zero-order valence-electron chi connectivity index (χ0n) is 18.0. The van der Waals surface area contributed by atoms with E-state index in [9.17, 15) is 27.2 Å². The van der Waals surface area contributed by atoms with E-state index >= 15 is 0 Å². The number of anilines is 1. The minimum atomic E-state index is -4.57. The third-order valence-electron chi connectivity index (χ3n) is 5.12. The number of halogens is 4. The molecule has 0 spiro atoms. The summed E-state index contributed by atoms with van der Waals surface area (Å²) in [6.07, 6.45) is -3.15. The highest BCUT2D eigenvalue weighted by Gasteiger charge is 2.30. The van der Waals surface area contributed by atoms with Crippen LogP contribution in [0.4, 0.5) is 23.2 Å². The molecule has 0 aliphatic heterocycles. The number of alkyl halides is 3. The number of hydrogen-bond donors (Lipinski definition) is 1. The molecule has 5 rings (SSSR count). The first-order valence-electron chi connectivity index (χ1n) is 10.3. The van der Waals surface area contributed by atoms with Crippen molar-refractivity contribution in [1.29, 1.82) is 0 Å². The van der Waals surface area contributed by atoms with Crippen molar-refractivity contribution in [3.63, 3.8) is 0 Å². The molecule has 36 heavy (non-hydrogen) atoms. The van der Waals surface area contributed by atoms with Gasteiger partial charge in [-0.2, -0.15) is 18.2 Å². The molecule has 3 aromatic heterocycles. The lowest BCUT2D eigenvalue weighted by molar-refractivity contribution is -0.137. The number of rotatable bonds is 5. The van der Waals surface area contributed by atoms with Crippen LogP contribution in [0.3, 0.4) is 0 Å². The van der Waals surface area contributed by atoms with E-state index in [1.807, 2.05) is 0 Å². The van der Waals surface area contributed by atoms with Crippen molar-refractivity contribution in [2.75, 3.05) is 5.32 Å². The normalized spacial score (nSPS) is 11.7. The van der Waals surface area contributed by atoms with Crippen molar-refractivity contribution in [2.24, 2.45) is 0 Å². The third-order valence-corrected chi connectivity index (χ3v) is 5.12. The Morgan fingerprint density at radius 3 is 2.64 bits per heavy atom. The summed E-state index contributed by atoms with van der Waals surface area (Å²) in [5, 5.41) is 10.3. The molecule has 0 radical (unpaired) electrons. The topological polar surface area (TPSA) is 107 Å².